The van der Waals surface area contributed by atoms with Crippen molar-refractivity contribution in [3.63, 3.8) is 0 Å². The van der Waals surface area contributed by atoms with E-state index in [0.717, 1.165) is 29.2 Å². The minimum atomic E-state index is 0.223. The normalized spacial score (nSPS) is 28.5. The Hall–Kier alpha value is -1.35. The smallest absolute Gasteiger partial charge is 0.166 e. The summed E-state index contributed by atoms with van der Waals surface area (Å²) in [5, 5.41) is 3.54. The SMILES string of the molecule is O=C(c1cccc2cnccc12)C1CC2CCCC(C1)S2. The molecule has 21 heavy (non-hydrogen) atoms. The van der Waals surface area contributed by atoms with E-state index in [1.807, 2.05) is 30.5 Å². The minimum absolute atomic E-state index is 0.223. The van der Waals surface area contributed by atoms with Gasteiger partial charge in [-0.25, -0.2) is 0 Å². The number of fused-ring (bicyclic) bond motifs is 3. The van der Waals surface area contributed by atoms with Crippen LogP contribution in [-0.2, 0) is 0 Å². The van der Waals surface area contributed by atoms with E-state index in [0.29, 0.717) is 16.3 Å². The number of Topliss-reactive ketones (excluding diaryl/α,β-unsaturated/α-hetero) is 1. The van der Waals surface area contributed by atoms with E-state index in [4.69, 9.17) is 0 Å². The van der Waals surface area contributed by atoms with Gasteiger partial charge in [0.2, 0.25) is 0 Å². The maximum absolute atomic E-state index is 13.0. The van der Waals surface area contributed by atoms with E-state index in [1.54, 1.807) is 6.20 Å². The number of nitrogens with zero attached hydrogens (tertiary/aromatic N) is 1. The second-order valence-corrected chi connectivity index (χ2v) is 7.85. The molecule has 2 bridgehead atoms. The molecule has 4 rings (SSSR count). The van der Waals surface area contributed by atoms with Gasteiger partial charge in [-0.05, 0) is 37.1 Å². The average Bonchev–Trinajstić information content (AvgIpc) is 2.53. The Balaban J connectivity index is 1.67. The number of ketones is 1. The number of hydrogen-bond donors (Lipinski definition) is 0. The van der Waals surface area contributed by atoms with Gasteiger partial charge < -0.3 is 0 Å². The van der Waals surface area contributed by atoms with Gasteiger partial charge >= 0.3 is 0 Å². The second kappa shape index (κ2) is 5.45. The van der Waals surface area contributed by atoms with E-state index < -0.39 is 0 Å². The lowest BCUT2D eigenvalue weighted by Gasteiger charge is -2.38. The molecule has 0 spiro atoms. The summed E-state index contributed by atoms with van der Waals surface area (Å²) in [7, 11) is 0. The summed E-state index contributed by atoms with van der Waals surface area (Å²) in [5.41, 5.74) is 0.893. The third-order valence-electron chi connectivity index (χ3n) is 4.85. The first-order valence-corrected chi connectivity index (χ1v) is 8.78. The second-order valence-electron chi connectivity index (χ2n) is 6.25. The van der Waals surface area contributed by atoms with Crippen molar-refractivity contribution in [1.29, 1.82) is 0 Å². The fraction of sp³-hybridized carbons (Fsp3) is 0.444. The lowest BCUT2D eigenvalue weighted by molar-refractivity contribution is 0.0898. The highest BCUT2D eigenvalue weighted by Crippen LogP contribution is 2.44. The molecule has 108 valence electrons. The third kappa shape index (κ3) is 2.48. The Morgan fingerprint density at radius 2 is 1.95 bits per heavy atom. The number of thioether (sulfide) groups is 1. The maximum Gasteiger partial charge on any atom is 0.166 e. The molecule has 0 aliphatic carbocycles. The van der Waals surface area contributed by atoms with Gasteiger partial charge in [-0.1, -0.05) is 24.6 Å². The van der Waals surface area contributed by atoms with Crippen molar-refractivity contribution < 1.29 is 4.79 Å². The number of benzene rings is 1. The molecule has 0 radical (unpaired) electrons. The van der Waals surface area contributed by atoms with Gasteiger partial charge in [0.1, 0.15) is 0 Å². The van der Waals surface area contributed by atoms with Gasteiger partial charge in [-0.15, -0.1) is 0 Å². The first-order valence-electron chi connectivity index (χ1n) is 7.83. The fourth-order valence-electron chi connectivity index (χ4n) is 3.83. The third-order valence-corrected chi connectivity index (χ3v) is 6.48. The highest BCUT2D eigenvalue weighted by atomic mass is 32.2. The molecule has 0 saturated carbocycles. The quantitative estimate of drug-likeness (QED) is 0.765. The monoisotopic (exact) mass is 297 g/mol. The first-order chi connectivity index (χ1) is 10.3. The predicted octanol–water partition coefficient (Wildman–Crippen LogP) is 4.48. The van der Waals surface area contributed by atoms with Crippen molar-refractivity contribution in [2.75, 3.05) is 0 Å². The molecule has 2 unspecified atom stereocenters. The molecule has 0 N–H and O–H groups in total. The molecule has 2 aromatic rings. The van der Waals surface area contributed by atoms with E-state index in [-0.39, 0.29) is 5.92 Å². The molecule has 2 saturated heterocycles. The molecular formula is C18H19NOS. The Morgan fingerprint density at radius 1 is 1.14 bits per heavy atom. The van der Waals surface area contributed by atoms with Gasteiger partial charge in [0.15, 0.2) is 5.78 Å². The number of carbonyl (C=O) groups excluding carboxylic acids is 1. The van der Waals surface area contributed by atoms with E-state index in [2.05, 4.69) is 16.7 Å². The largest absolute Gasteiger partial charge is 0.294 e. The van der Waals surface area contributed by atoms with Crippen molar-refractivity contribution in [2.24, 2.45) is 5.92 Å². The zero-order chi connectivity index (χ0) is 14.2. The van der Waals surface area contributed by atoms with E-state index >= 15 is 0 Å². The Morgan fingerprint density at radius 3 is 2.76 bits per heavy atom. The van der Waals surface area contributed by atoms with Gasteiger partial charge in [0.05, 0.1) is 0 Å². The lowest BCUT2D eigenvalue weighted by Crippen LogP contribution is -2.33. The Labute approximate surface area is 129 Å². The Bertz CT molecular complexity index is 666. The van der Waals surface area contributed by atoms with Gasteiger partial charge in [0.25, 0.3) is 0 Å². The zero-order valence-electron chi connectivity index (χ0n) is 12.0. The van der Waals surface area contributed by atoms with Crippen molar-refractivity contribution in [3.05, 3.63) is 42.2 Å². The van der Waals surface area contributed by atoms with Crippen LogP contribution >= 0.6 is 11.8 Å². The summed E-state index contributed by atoms with van der Waals surface area (Å²) in [6, 6.07) is 7.98. The molecule has 1 aromatic carbocycles. The lowest BCUT2D eigenvalue weighted by atomic mass is 9.83. The van der Waals surface area contributed by atoms with Crippen molar-refractivity contribution in [2.45, 2.75) is 42.6 Å². The summed E-state index contributed by atoms with van der Waals surface area (Å²) < 4.78 is 0. The van der Waals surface area contributed by atoms with Crippen LogP contribution in [0.5, 0.6) is 0 Å². The molecule has 0 amide bonds. The molecule has 3 heteroatoms. The topological polar surface area (TPSA) is 30.0 Å². The van der Waals surface area contributed by atoms with E-state index in [1.165, 1.54) is 19.3 Å². The molecule has 2 nitrogen and oxygen atoms in total. The first kappa shape index (κ1) is 13.3. The number of aromatic nitrogens is 1. The number of rotatable bonds is 2. The number of hydrogen-bond acceptors (Lipinski definition) is 3. The molecule has 2 aliphatic rings. The fourth-order valence-corrected chi connectivity index (χ4v) is 5.67. The van der Waals surface area contributed by atoms with Crippen LogP contribution in [0.15, 0.2) is 36.7 Å². The van der Waals surface area contributed by atoms with Gasteiger partial charge in [0, 0.05) is 39.8 Å². The summed E-state index contributed by atoms with van der Waals surface area (Å²) >= 11 is 2.13. The minimum Gasteiger partial charge on any atom is -0.294 e. The van der Waals surface area contributed by atoms with Crippen molar-refractivity contribution in [1.82, 2.24) is 4.98 Å². The summed E-state index contributed by atoms with van der Waals surface area (Å²) in [4.78, 5) is 17.2. The highest BCUT2D eigenvalue weighted by molar-refractivity contribution is 8.00. The summed E-state index contributed by atoms with van der Waals surface area (Å²) in [6.07, 6.45) is 9.71. The molecule has 2 atom stereocenters. The predicted molar refractivity (Wildman–Crippen MR) is 87.8 cm³/mol. The van der Waals surface area contributed by atoms with E-state index in [9.17, 15) is 4.79 Å². The van der Waals surface area contributed by atoms with Gasteiger partial charge in [-0.3, -0.25) is 9.78 Å². The average molecular weight is 297 g/mol. The molecule has 1 aromatic heterocycles. The standard InChI is InChI=1S/C18H19NOS/c20-18(13-9-14-4-2-5-15(10-13)21-14)17-6-1-3-12-11-19-8-7-16(12)17/h1,3,6-8,11,13-15H,2,4-5,9-10H2. The van der Waals surface area contributed by atoms with Crippen LogP contribution < -0.4 is 0 Å². The summed E-state index contributed by atoms with van der Waals surface area (Å²) in [6.45, 7) is 0. The molecule has 3 heterocycles. The zero-order valence-corrected chi connectivity index (χ0v) is 12.8. The van der Waals surface area contributed by atoms with Crippen LogP contribution in [0.2, 0.25) is 0 Å². The number of pyridine rings is 1. The Kier molecular flexibility index (Phi) is 3.46. The van der Waals surface area contributed by atoms with Crippen molar-refractivity contribution in [3.8, 4) is 0 Å². The number of carbonyl (C=O) groups is 1. The van der Waals surface area contributed by atoms with Crippen molar-refractivity contribution >= 4 is 28.3 Å². The van der Waals surface area contributed by atoms with Crippen LogP contribution in [0.1, 0.15) is 42.5 Å². The molecule has 2 fully saturated rings. The summed E-state index contributed by atoms with van der Waals surface area (Å²) in [5.74, 6) is 0.573. The van der Waals surface area contributed by atoms with Crippen LogP contribution in [0.25, 0.3) is 10.8 Å². The maximum atomic E-state index is 13.0. The highest BCUT2D eigenvalue weighted by Gasteiger charge is 2.36. The van der Waals surface area contributed by atoms with Crippen LogP contribution in [0, 0.1) is 5.92 Å². The van der Waals surface area contributed by atoms with Gasteiger partial charge in [-0.2, -0.15) is 11.8 Å². The molecular weight excluding hydrogens is 278 g/mol. The van der Waals surface area contributed by atoms with Crippen LogP contribution in [0.3, 0.4) is 0 Å². The molecule has 2 aliphatic heterocycles. The van der Waals surface area contributed by atoms with Crippen LogP contribution in [-0.4, -0.2) is 21.3 Å². The van der Waals surface area contributed by atoms with Crippen LogP contribution in [0.4, 0.5) is 0 Å².